The molecule has 0 fully saturated rings. The van der Waals surface area contributed by atoms with Crippen molar-refractivity contribution >= 4 is 21.6 Å². The van der Waals surface area contributed by atoms with Gasteiger partial charge in [-0.2, -0.15) is 0 Å². The van der Waals surface area contributed by atoms with E-state index in [0.29, 0.717) is 18.7 Å². The minimum atomic E-state index is -3.61. The Kier molecular flexibility index (Phi) is 8.08. The van der Waals surface area contributed by atoms with Gasteiger partial charge in [0.25, 0.3) is 0 Å². The minimum Gasteiger partial charge on any atom is -0.497 e. The van der Waals surface area contributed by atoms with E-state index < -0.39 is 16.1 Å². The average Bonchev–Trinajstić information content (AvgIpc) is 2.69. The maximum atomic E-state index is 12.8. The standard InChI is InChI=1S/C22H30N2O4S/c1-5-21(24(29(4,26)27)19-12-8-17(2)9-13-19)22(25)23-16-6-7-18-10-14-20(28-3)15-11-18/h8-15,21H,5-7,16H2,1-4H3,(H,23,25). The van der Waals surface area contributed by atoms with Crippen molar-refractivity contribution in [1.82, 2.24) is 5.32 Å². The van der Waals surface area contributed by atoms with Crippen molar-refractivity contribution in [1.29, 1.82) is 0 Å². The van der Waals surface area contributed by atoms with Gasteiger partial charge in [-0.05, 0) is 56.0 Å². The number of ether oxygens (including phenoxy) is 1. The topological polar surface area (TPSA) is 75.7 Å². The van der Waals surface area contributed by atoms with Crippen molar-refractivity contribution in [2.24, 2.45) is 0 Å². The monoisotopic (exact) mass is 418 g/mol. The number of methoxy groups -OCH3 is 1. The van der Waals surface area contributed by atoms with Crippen LogP contribution in [0.5, 0.6) is 5.75 Å². The number of benzene rings is 2. The zero-order chi connectivity index (χ0) is 21.4. The minimum absolute atomic E-state index is 0.284. The number of hydrogen-bond donors (Lipinski definition) is 1. The molecule has 0 aliphatic rings. The summed E-state index contributed by atoms with van der Waals surface area (Å²) in [6.07, 6.45) is 3.09. The first-order chi connectivity index (χ1) is 13.8. The normalized spacial score (nSPS) is 12.3. The molecule has 0 bridgehead atoms. The second kappa shape index (κ2) is 10.3. The van der Waals surface area contributed by atoms with Gasteiger partial charge in [0.15, 0.2) is 0 Å². The first kappa shape index (κ1) is 22.7. The van der Waals surface area contributed by atoms with Crippen LogP contribution in [-0.2, 0) is 21.2 Å². The highest BCUT2D eigenvalue weighted by molar-refractivity contribution is 7.92. The largest absolute Gasteiger partial charge is 0.497 e. The molecule has 0 aliphatic heterocycles. The number of amides is 1. The van der Waals surface area contributed by atoms with Crippen LogP contribution in [0.15, 0.2) is 48.5 Å². The maximum absolute atomic E-state index is 12.8. The van der Waals surface area contributed by atoms with Crippen LogP contribution in [0.3, 0.4) is 0 Å². The zero-order valence-electron chi connectivity index (χ0n) is 17.5. The lowest BCUT2D eigenvalue weighted by molar-refractivity contribution is -0.122. The summed E-state index contributed by atoms with van der Waals surface area (Å²) in [5.41, 5.74) is 2.68. The molecule has 0 aliphatic carbocycles. The number of hydrogen-bond acceptors (Lipinski definition) is 4. The Morgan fingerprint density at radius 1 is 1.10 bits per heavy atom. The zero-order valence-corrected chi connectivity index (χ0v) is 18.3. The van der Waals surface area contributed by atoms with Crippen molar-refractivity contribution < 1.29 is 17.9 Å². The molecule has 1 unspecified atom stereocenters. The summed E-state index contributed by atoms with van der Waals surface area (Å²) < 4.78 is 31.2. The number of aryl methyl sites for hydroxylation is 2. The molecule has 0 heterocycles. The molecule has 29 heavy (non-hydrogen) atoms. The van der Waals surface area contributed by atoms with E-state index in [0.717, 1.165) is 36.0 Å². The van der Waals surface area contributed by atoms with Crippen molar-refractivity contribution in [3.63, 3.8) is 0 Å². The van der Waals surface area contributed by atoms with Crippen molar-refractivity contribution in [3.05, 3.63) is 59.7 Å². The van der Waals surface area contributed by atoms with Gasteiger partial charge in [0.05, 0.1) is 19.1 Å². The van der Waals surface area contributed by atoms with E-state index in [1.165, 1.54) is 4.31 Å². The van der Waals surface area contributed by atoms with Gasteiger partial charge in [-0.3, -0.25) is 9.10 Å². The first-order valence-electron chi connectivity index (χ1n) is 9.73. The van der Waals surface area contributed by atoms with Gasteiger partial charge in [-0.1, -0.05) is 36.8 Å². The molecule has 0 spiro atoms. The van der Waals surface area contributed by atoms with E-state index in [4.69, 9.17) is 4.74 Å². The van der Waals surface area contributed by atoms with Gasteiger partial charge >= 0.3 is 0 Å². The van der Waals surface area contributed by atoms with Crippen LogP contribution in [0.25, 0.3) is 0 Å². The Hall–Kier alpha value is -2.54. The molecule has 158 valence electrons. The van der Waals surface area contributed by atoms with E-state index in [1.807, 2.05) is 50.2 Å². The smallest absolute Gasteiger partial charge is 0.243 e. The predicted molar refractivity (Wildman–Crippen MR) is 117 cm³/mol. The third-order valence-electron chi connectivity index (χ3n) is 4.72. The summed E-state index contributed by atoms with van der Waals surface area (Å²) in [5.74, 6) is 0.526. The Bertz CT molecular complexity index is 893. The molecule has 7 heteroatoms. The lowest BCUT2D eigenvalue weighted by atomic mass is 10.1. The highest BCUT2D eigenvalue weighted by Crippen LogP contribution is 2.23. The van der Waals surface area contributed by atoms with E-state index >= 15 is 0 Å². The molecule has 1 amide bonds. The number of nitrogens with zero attached hydrogens (tertiary/aromatic N) is 1. The Morgan fingerprint density at radius 2 is 1.72 bits per heavy atom. The maximum Gasteiger partial charge on any atom is 0.243 e. The van der Waals surface area contributed by atoms with Crippen molar-refractivity contribution in [2.45, 2.75) is 39.2 Å². The van der Waals surface area contributed by atoms with E-state index in [1.54, 1.807) is 19.2 Å². The quantitative estimate of drug-likeness (QED) is 0.601. The van der Waals surface area contributed by atoms with Gasteiger partial charge in [0, 0.05) is 6.54 Å². The third-order valence-corrected chi connectivity index (χ3v) is 5.90. The highest BCUT2D eigenvalue weighted by Gasteiger charge is 2.31. The summed E-state index contributed by atoms with van der Waals surface area (Å²) in [5, 5.41) is 2.89. The van der Waals surface area contributed by atoms with Crippen molar-refractivity contribution in [3.8, 4) is 5.75 Å². The molecule has 0 saturated heterocycles. The van der Waals surface area contributed by atoms with Crippen LogP contribution in [-0.4, -0.2) is 40.3 Å². The number of carbonyl (C=O) groups is 1. The van der Waals surface area contributed by atoms with Gasteiger partial charge < -0.3 is 10.1 Å². The molecular formula is C22H30N2O4S. The molecule has 2 aromatic carbocycles. The number of nitrogens with one attached hydrogen (secondary N) is 1. The molecule has 2 aromatic rings. The molecule has 6 nitrogen and oxygen atoms in total. The van der Waals surface area contributed by atoms with Gasteiger partial charge in [-0.25, -0.2) is 8.42 Å². The van der Waals surface area contributed by atoms with Crippen LogP contribution in [0.1, 0.15) is 30.9 Å². The van der Waals surface area contributed by atoms with E-state index in [2.05, 4.69) is 5.32 Å². The summed E-state index contributed by atoms with van der Waals surface area (Å²) in [6.45, 7) is 4.22. The summed E-state index contributed by atoms with van der Waals surface area (Å²) >= 11 is 0. The number of rotatable bonds is 10. The molecule has 2 rings (SSSR count). The highest BCUT2D eigenvalue weighted by atomic mass is 32.2. The lowest BCUT2D eigenvalue weighted by Crippen LogP contribution is -2.49. The molecule has 1 N–H and O–H groups in total. The van der Waals surface area contributed by atoms with Gasteiger partial charge in [0.1, 0.15) is 11.8 Å². The summed E-state index contributed by atoms with van der Waals surface area (Å²) in [6, 6.07) is 14.2. The second-order valence-electron chi connectivity index (χ2n) is 7.06. The third kappa shape index (κ3) is 6.49. The Labute approximate surface area is 173 Å². The molecule has 1 atom stereocenters. The molecule has 0 aromatic heterocycles. The fourth-order valence-corrected chi connectivity index (χ4v) is 4.38. The van der Waals surface area contributed by atoms with Crippen LogP contribution in [0.2, 0.25) is 0 Å². The predicted octanol–water partition coefficient (Wildman–Crippen LogP) is 3.30. The fourth-order valence-electron chi connectivity index (χ4n) is 3.17. The van der Waals surface area contributed by atoms with E-state index in [9.17, 15) is 13.2 Å². The first-order valence-corrected chi connectivity index (χ1v) is 11.6. The number of sulfonamides is 1. The van der Waals surface area contributed by atoms with Gasteiger partial charge in [-0.15, -0.1) is 0 Å². The van der Waals surface area contributed by atoms with Crippen LogP contribution in [0, 0.1) is 6.92 Å². The molecule has 0 radical (unpaired) electrons. The summed E-state index contributed by atoms with van der Waals surface area (Å²) in [4.78, 5) is 12.8. The number of carbonyl (C=O) groups excluding carboxylic acids is 1. The second-order valence-corrected chi connectivity index (χ2v) is 8.92. The van der Waals surface area contributed by atoms with Crippen molar-refractivity contribution in [2.75, 3.05) is 24.2 Å². The number of anilines is 1. The Balaban J connectivity index is 2.00. The fraction of sp³-hybridized carbons (Fsp3) is 0.409. The average molecular weight is 419 g/mol. The van der Waals surface area contributed by atoms with E-state index in [-0.39, 0.29) is 5.91 Å². The SMILES string of the molecule is CCC(C(=O)NCCCc1ccc(OC)cc1)N(c1ccc(C)cc1)S(C)(=O)=O. The van der Waals surface area contributed by atoms with Gasteiger partial charge in [0.2, 0.25) is 15.9 Å². The molecular weight excluding hydrogens is 388 g/mol. The molecule has 0 saturated carbocycles. The van der Waals surface area contributed by atoms with Crippen LogP contribution < -0.4 is 14.4 Å². The lowest BCUT2D eigenvalue weighted by Gasteiger charge is -2.30. The van der Waals surface area contributed by atoms with Crippen LogP contribution in [0.4, 0.5) is 5.69 Å². The van der Waals surface area contributed by atoms with Crippen LogP contribution >= 0.6 is 0 Å². The summed E-state index contributed by atoms with van der Waals surface area (Å²) in [7, 11) is -1.98. The Morgan fingerprint density at radius 3 is 2.24 bits per heavy atom.